The molecule has 1 aliphatic rings. The second-order valence-electron chi connectivity index (χ2n) is 5.07. The van der Waals surface area contributed by atoms with E-state index in [0.29, 0.717) is 18.6 Å². The molecule has 0 spiro atoms. The predicted octanol–water partition coefficient (Wildman–Crippen LogP) is 2.67. The third-order valence-corrected chi connectivity index (χ3v) is 4.30. The van der Waals surface area contributed by atoms with Gasteiger partial charge in [-0.05, 0) is 35.2 Å². The van der Waals surface area contributed by atoms with Crippen molar-refractivity contribution in [3.63, 3.8) is 0 Å². The standard InChI is InChI=1S/C13H22BrN3O/c1-18-7-6-17-13(12(14)9-16-17)10-4-2-3-5-11(15)8-10/h9-11H,2-8,15H2,1H3. The Kier molecular flexibility index (Phi) is 5.21. The molecule has 4 nitrogen and oxygen atoms in total. The average molecular weight is 316 g/mol. The molecule has 0 aliphatic heterocycles. The van der Waals surface area contributed by atoms with Gasteiger partial charge in [-0.3, -0.25) is 4.68 Å². The molecule has 0 amide bonds. The fourth-order valence-electron chi connectivity index (χ4n) is 2.78. The quantitative estimate of drug-likeness (QED) is 0.869. The SMILES string of the molecule is COCCn1ncc(Br)c1C1CCCCC(N)C1. The van der Waals surface area contributed by atoms with Crippen molar-refractivity contribution in [1.29, 1.82) is 0 Å². The van der Waals surface area contributed by atoms with E-state index in [0.717, 1.165) is 23.9 Å². The minimum atomic E-state index is 0.329. The van der Waals surface area contributed by atoms with E-state index in [-0.39, 0.29) is 0 Å². The van der Waals surface area contributed by atoms with Crippen LogP contribution in [0.4, 0.5) is 0 Å². The summed E-state index contributed by atoms with van der Waals surface area (Å²) in [5, 5.41) is 4.43. The highest BCUT2D eigenvalue weighted by atomic mass is 79.9. The molecule has 1 aromatic heterocycles. The van der Waals surface area contributed by atoms with E-state index in [1.807, 2.05) is 6.20 Å². The van der Waals surface area contributed by atoms with Crippen molar-refractivity contribution in [3.8, 4) is 0 Å². The van der Waals surface area contributed by atoms with Gasteiger partial charge in [0.05, 0.1) is 29.5 Å². The Morgan fingerprint density at radius 1 is 1.50 bits per heavy atom. The Morgan fingerprint density at radius 3 is 3.06 bits per heavy atom. The summed E-state index contributed by atoms with van der Waals surface area (Å²) in [4.78, 5) is 0. The van der Waals surface area contributed by atoms with Crippen LogP contribution in [0, 0.1) is 0 Å². The lowest BCUT2D eigenvalue weighted by Crippen LogP contribution is -2.22. The van der Waals surface area contributed by atoms with Crippen LogP contribution in [0.3, 0.4) is 0 Å². The molecule has 0 saturated heterocycles. The minimum absolute atomic E-state index is 0.329. The summed E-state index contributed by atoms with van der Waals surface area (Å²) in [6.45, 7) is 1.50. The molecule has 2 unspecified atom stereocenters. The van der Waals surface area contributed by atoms with Gasteiger partial charge >= 0.3 is 0 Å². The smallest absolute Gasteiger partial charge is 0.0658 e. The number of ether oxygens (including phenoxy) is 1. The van der Waals surface area contributed by atoms with Gasteiger partial charge in [0, 0.05) is 19.1 Å². The lowest BCUT2D eigenvalue weighted by atomic mass is 9.95. The summed E-state index contributed by atoms with van der Waals surface area (Å²) in [6.07, 6.45) is 7.84. The van der Waals surface area contributed by atoms with Gasteiger partial charge in [0.15, 0.2) is 0 Å². The first kappa shape index (κ1) is 14.0. The predicted molar refractivity (Wildman–Crippen MR) is 75.6 cm³/mol. The van der Waals surface area contributed by atoms with Crippen LogP contribution in [0.15, 0.2) is 10.7 Å². The maximum atomic E-state index is 6.16. The second-order valence-corrected chi connectivity index (χ2v) is 5.93. The molecule has 2 N–H and O–H groups in total. The Labute approximate surface area is 117 Å². The van der Waals surface area contributed by atoms with Crippen LogP contribution in [0.25, 0.3) is 0 Å². The third-order valence-electron chi connectivity index (χ3n) is 3.69. The monoisotopic (exact) mass is 315 g/mol. The molecule has 1 aliphatic carbocycles. The van der Waals surface area contributed by atoms with E-state index in [9.17, 15) is 0 Å². The van der Waals surface area contributed by atoms with Gasteiger partial charge < -0.3 is 10.5 Å². The van der Waals surface area contributed by atoms with Gasteiger partial charge in [0.1, 0.15) is 0 Å². The maximum absolute atomic E-state index is 6.16. The maximum Gasteiger partial charge on any atom is 0.0658 e. The molecule has 0 bridgehead atoms. The van der Waals surface area contributed by atoms with E-state index >= 15 is 0 Å². The van der Waals surface area contributed by atoms with Crippen molar-refractivity contribution in [2.45, 2.75) is 50.6 Å². The van der Waals surface area contributed by atoms with Gasteiger partial charge in [-0.1, -0.05) is 12.8 Å². The van der Waals surface area contributed by atoms with E-state index in [1.165, 1.54) is 25.0 Å². The zero-order valence-electron chi connectivity index (χ0n) is 10.9. The molecular weight excluding hydrogens is 294 g/mol. The van der Waals surface area contributed by atoms with Gasteiger partial charge in [-0.15, -0.1) is 0 Å². The molecule has 1 aromatic rings. The Balaban J connectivity index is 2.16. The summed E-state index contributed by atoms with van der Waals surface area (Å²) >= 11 is 3.63. The molecule has 102 valence electrons. The van der Waals surface area contributed by atoms with Crippen molar-refractivity contribution >= 4 is 15.9 Å². The van der Waals surface area contributed by atoms with E-state index in [2.05, 4.69) is 25.7 Å². The summed E-state index contributed by atoms with van der Waals surface area (Å²) in [6, 6.07) is 0.329. The third kappa shape index (κ3) is 3.33. The molecule has 5 heteroatoms. The molecular formula is C13H22BrN3O. The highest BCUT2D eigenvalue weighted by Gasteiger charge is 2.24. The number of nitrogens with two attached hydrogens (primary N) is 1. The van der Waals surface area contributed by atoms with E-state index in [1.54, 1.807) is 7.11 Å². The summed E-state index contributed by atoms with van der Waals surface area (Å²) in [5.41, 5.74) is 7.46. The Hall–Kier alpha value is -0.390. The minimum Gasteiger partial charge on any atom is -0.383 e. The number of hydrogen-bond acceptors (Lipinski definition) is 3. The average Bonchev–Trinajstić information content (AvgIpc) is 2.57. The molecule has 0 aromatic carbocycles. The number of aromatic nitrogens is 2. The topological polar surface area (TPSA) is 53.1 Å². The van der Waals surface area contributed by atoms with Crippen molar-refractivity contribution in [1.82, 2.24) is 9.78 Å². The van der Waals surface area contributed by atoms with Gasteiger partial charge in [0.2, 0.25) is 0 Å². The van der Waals surface area contributed by atoms with Crippen LogP contribution < -0.4 is 5.73 Å². The fraction of sp³-hybridized carbons (Fsp3) is 0.769. The molecule has 2 atom stereocenters. The van der Waals surface area contributed by atoms with Crippen LogP contribution in [0.2, 0.25) is 0 Å². The molecule has 18 heavy (non-hydrogen) atoms. The zero-order valence-corrected chi connectivity index (χ0v) is 12.5. The second kappa shape index (κ2) is 6.68. The number of halogens is 1. The van der Waals surface area contributed by atoms with Crippen LogP contribution in [-0.4, -0.2) is 29.5 Å². The molecule has 1 fully saturated rings. The highest BCUT2D eigenvalue weighted by molar-refractivity contribution is 9.10. The first-order valence-electron chi connectivity index (χ1n) is 6.68. The molecule has 1 heterocycles. The van der Waals surface area contributed by atoms with E-state index in [4.69, 9.17) is 10.5 Å². The van der Waals surface area contributed by atoms with Gasteiger partial charge in [-0.25, -0.2) is 0 Å². The number of rotatable bonds is 4. The zero-order chi connectivity index (χ0) is 13.0. The number of nitrogens with zero attached hydrogens (tertiary/aromatic N) is 2. The fourth-order valence-corrected chi connectivity index (χ4v) is 3.40. The van der Waals surface area contributed by atoms with Crippen LogP contribution >= 0.6 is 15.9 Å². The van der Waals surface area contributed by atoms with E-state index < -0.39 is 0 Å². The van der Waals surface area contributed by atoms with Crippen molar-refractivity contribution in [2.24, 2.45) is 5.73 Å². The van der Waals surface area contributed by atoms with Crippen LogP contribution in [0.5, 0.6) is 0 Å². The number of hydrogen-bond donors (Lipinski definition) is 1. The summed E-state index contributed by atoms with van der Waals surface area (Å²) < 4.78 is 8.32. The number of methoxy groups -OCH3 is 1. The first-order valence-corrected chi connectivity index (χ1v) is 7.47. The molecule has 2 rings (SSSR count). The van der Waals surface area contributed by atoms with Gasteiger partial charge in [0.25, 0.3) is 0 Å². The van der Waals surface area contributed by atoms with Crippen molar-refractivity contribution in [3.05, 3.63) is 16.4 Å². The lowest BCUT2D eigenvalue weighted by molar-refractivity contribution is 0.181. The normalized spacial score (nSPS) is 25.1. The Bertz CT molecular complexity index is 380. The molecule has 1 saturated carbocycles. The van der Waals surface area contributed by atoms with Crippen LogP contribution in [0.1, 0.15) is 43.7 Å². The molecule has 0 radical (unpaired) electrons. The summed E-state index contributed by atoms with van der Waals surface area (Å²) in [5.74, 6) is 0.524. The lowest BCUT2D eigenvalue weighted by Gasteiger charge is -2.19. The Morgan fingerprint density at radius 2 is 2.28 bits per heavy atom. The summed E-state index contributed by atoms with van der Waals surface area (Å²) in [7, 11) is 1.72. The van der Waals surface area contributed by atoms with Crippen LogP contribution in [-0.2, 0) is 11.3 Å². The largest absolute Gasteiger partial charge is 0.383 e. The first-order chi connectivity index (χ1) is 8.72. The van der Waals surface area contributed by atoms with Crippen molar-refractivity contribution < 1.29 is 4.74 Å². The van der Waals surface area contributed by atoms with Gasteiger partial charge in [-0.2, -0.15) is 5.10 Å². The van der Waals surface area contributed by atoms with Crippen molar-refractivity contribution in [2.75, 3.05) is 13.7 Å². The highest BCUT2D eigenvalue weighted by Crippen LogP contribution is 2.35.